The summed E-state index contributed by atoms with van der Waals surface area (Å²) in [6.45, 7) is 70.8. The lowest BCUT2D eigenvalue weighted by molar-refractivity contribution is 0.590. The largest absolute Gasteiger partial charge is 0.311 e. The number of fused-ring (bicyclic) bond motifs is 20. The van der Waals surface area contributed by atoms with Gasteiger partial charge in [0, 0.05) is 99.6 Å². The second-order valence-corrected chi connectivity index (χ2v) is 48.6. The average molecular weight is 1650 g/mol. The normalized spacial score (nSPS) is 14.5. The molecule has 8 heterocycles. The second kappa shape index (κ2) is 26.3. The van der Waals surface area contributed by atoms with Crippen molar-refractivity contribution in [3.8, 4) is 22.7 Å². The van der Waals surface area contributed by atoms with E-state index in [1.807, 2.05) is 0 Å². The van der Waals surface area contributed by atoms with E-state index in [9.17, 15) is 0 Å². The first-order valence-corrected chi connectivity index (χ1v) is 46.6. The molecule has 0 unspecified atom stereocenters. The van der Waals surface area contributed by atoms with Crippen LogP contribution in [0.4, 0.5) is 34.1 Å². The van der Waals surface area contributed by atoms with Crippen molar-refractivity contribution >= 4 is 168 Å². The first-order valence-electron chi connectivity index (χ1n) is 46.6. The van der Waals surface area contributed by atoms with Gasteiger partial charge in [-0.3, -0.25) is 0 Å². The molecule has 13 aromatic carbocycles. The van der Waals surface area contributed by atoms with Gasteiger partial charge in [-0.1, -0.05) is 287 Å². The molecule has 0 radical (unpaired) electrons. The van der Waals surface area contributed by atoms with Crippen LogP contribution in [0.25, 0.3) is 110 Å². The van der Waals surface area contributed by atoms with Gasteiger partial charge in [-0.05, 0) is 282 Å². The average Bonchev–Trinajstić information content (AvgIpc) is 1.37. The van der Waals surface area contributed by atoms with Gasteiger partial charge in [0.05, 0.1) is 44.5 Å². The molecule has 4 aliphatic heterocycles. The molecule has 126 heavy (non-hydrogen) atoms. The van der Waals surface area contributed by atoms with Gasteiger partial charge in [-0.25, -0.2) is 0 Å². The van der Waals surface area contributed by atoms with Crippen molar-refractivity contribution in [1.82, 2.24) is 18.3 Å². The molecule has 0 N–H and O–H groups in total. The fourth-order valence-electron chi connectivity index (χ4n) is 21.8. The maximum Gasteiger partial charge on any atom is 0.252 e. The van der Waals surface area contributed by atoms with Gasteiger partial charge in [0.1, 0.15) is 0 Å². The quantitative estimate of drug-likeness (QED) is 0.164. The van der Waals surface area contributed by atoms with E-state index >= 15 is 0 Å². The minimum atomic E-state index is -0.234. The summed E-state index contributed by atoms with van der Waals surface area (Å²) in [4.78, 5) is 5.47. The van der Waals surface area contributed by atoms with Crippen LogP contribution in [0, 0.1) is 0 Å². The maximum atomic E-state index is 2.80. The Kier molecular flexibility index (Phi) is 17.0. The lowest BCUT2D eigenvalue weighted by Gasteiger charge is -2.45. The van der Waals surface area contributed by atoms with Gasteiger partial charge >= 0.3 is 0 Å². The van der Waals surface area contributed by atoms with Gasteiger partial charge in [-0.2, -0.15) is 0 Å². The molecule has 0 saturated heterocycles. The van der Waals surface area contributed by atoms with E-state index in [4.69, 9.17) is 0 Å². The van der Waals surface area contributed by atoms with Gasteiger partial charge in [0.25, 0.3) is 13.4 Å². The molecule has 0 amide bonds. The van der Waals surface area contributed by atoms with Crippen LogP contribution >= 0.6 is 0 Å². The number of benzene rings is 13. The summed E-state index contributed by atoms with van der Waals surface area (Å²) in [6, 6.07) is 90.4. The minimum Gasteiger partial charge on any atom is -0.311 e. The lowest BCUT2D eigenvalue weighted by atomic mass is 9.30. The Hall–Kier alpha value is -11.2. The minimum absolute atomic E-state index is 0.0764. The van der Waals surface area contributed by atoms with Crippen molar-refractivity contribution in [1.29, 1.82) is 0 Å². The Bertz CT molecular complexity index is 7000. The van der Waals surface area contributed by atoms with Crippen LogP contribution in [-0.4, -0.2) is 31.7 Å². The van der Waals surface area contributed by atoms with E-state index in [2.05, 4.69) is 454 Å². The first kappa shape index (κ1) is 81.8. The van der Waals surface area contributed by atoms with Crippen molar-refractivity contribution < 1.29 is 0 Å². The van der Waals surface area contributed by atoms with Crippen molar-refractivity contribution in [2.24, 2.45) is 0 Å². The van der Waals surface area contributed by atoms with Crippen molar-refractivity contribution in [3.63, 3.8) is 0 Å². The fourth-order valence-corrected chi connectivity index (χ4v) is 21.8. The van der Waals surface area contributed by atoms with E-state index in [-0.39, 0.29) is 67.6 Å². The smallest absolute Gasteiger partial charge is 0.252 e. The molecule has 8 heteroatoms. The predicted molar refractivity (Wildman–Crippen MR) is 549 cm³/mol. The number of rotatable bonds is 4. The number of aromatic nitrogens is 4. The molecule has 21 rings (SSSR count). The summed E-state index contributed by atoms with van der Waals surface area (Å²) in [5.74, 6) is 0. The zero-order valence-electron chi connectivity index (χ0n) is 80.6. The molecule has 0 atom stereocenters. The summed E-state index contributed by atoms with van der Waals surface area (Å²) in [5, 5.41) is 10.3. The van der Waals surface area contributed by atoms with Crippen LogP contribution in [0.15, 0.2) is 218 Å². The van der Waals surface area contributed by atoms with Gasteiger partial charge in [0.15, 0.2) is 0 Å². The highest BCUT2D eigenvalue weighted by Gasteiger charge is 2.50. The SMILES string of the molecule is CC(C)(C)c1ccc(N2c3cc4c(cc3B3c5c2cc(-n2c6ccc(C(C)(C)C)cc6c6cc(C(C)(C)C)ccc62)cc5-n2c5ccc(C(C)(C)C)cc5c5cc(C(C)(C)C)cc3c52)B2c3c(cc(-n5c6ccc(C(C)(C)C)cc6c6cc(C(C)(C)C)ccc65)cc3-n3c5ccc(C(C)(C)C)cc5c5cc(C(C)(C)C)cc2c53)N4c2ccc(C(C)(C)C)cc2)cc1. The van der Waals surface area contributed by atoms with E-state index < -0.39 is 0 Å². The summed E-state index contributed by atoms with van der Waals surface area (Å²) in [6.07, 6.45) is 0. The molecule has 634 valence electrons. The van der Waals surface area contributed by atoms with E-state index in [0.717, 1.165) is 22.7 Å². The molecule has 4 aromatic heterocycles. The van der Waals surface area contributed by atoms with Crippen LogP contribution in [0.1, 0.15) is 263 Å². The highest BCUT2D eigenvalue weighted by Crippen LogP contribution is 2.53. The standard InChI is InChI=1S/C118H126B2N6/c1-109(2,3)67-31-41-77(42-32-67)121-99-66-100-90(65-89(99)119-91-59-75(117(25,26)27)57-87-85-55-73(115(19,20)21)39-49-97(85)125(107(87)91)103-63-79(61-101(121)105(103)119)123-93-45-35-69(111(7,8)9)51-81(93)82-52-70(112(10,11)12)36-46-94(82)123)120-92-60-76(118(28,29)30)58-88-86-56-74(116(22,23)24)40-50-98(86)126(108(88)92)104-64-80(62-102(106(104)120)122(100)78-43-33-68(34-44-78)110(4,5)6)124-95-47-37-71(113(13,14)15)53-83(95)84-54-72(114(16,17)18)38-48-96(84)124/h31-66H,1-30H3. The number of hydrogen-bond donors (Lipinski definition) is 0. The van der Waals surface area contributed by atoms with Crippen molar-refractivity contribution in [2.45, 2.75) is 262 Å². The van der Waals surface area contributed by atoms with Crippen molar-refractivity contribution in [3.05, 3.63) is 274 Å². The van der Waals surface area contributed by atoms with E-state index in [1.54, 1.807) is 0 Å². The summed E-state index contributed by atoms with van der Waals surface area (Å²) >= 11 is 0. The third kappa shape index (κ3) is 12.3. The molecule has 4 aliphatic rings. The summed E-state index contributed by atoms with van der Waals surface area (Å²) in [7, 11) is 0. The molecule has 0 spiro atoms. The summed E-state index contributed by atoms with van der Waals surface area (Å²) in [5.41, 5.74) is 41.5. The Morgan fingerprint density at radius 1 is 0.167 bits per heavy atom. The number of hydrogen-bond acceptors (Lipinski definition) is 2. The Balaban J connectivity index is 0.959. The monoisotopic (exact) mass is 1650 g/mol. The second-order valence-electron chi connectivity index (χ2n) is 48.6. The third-order valence-corrected chi connectivity index (χ3v) is 29.4. The summed E-state index contributed by atoms with van der Waals surface area (Å²) < 4.78 is 10.7. The topological polar surface area (TPSA) is 26.2 Å². The predicted octanol–water partition coefficient (Wildman–Crippen LogP) is 28.3. The number of anilines is 6. The van der Waals surface area contributed by atoms with Gasteiger partial charge in [0.2, 0.25) is 0 Å². The zero-order valence-corrected chi connectivity index (χ0v) is 80.6. The van der Waals surface area contributed by atoms with E-state index in [1.165, 1.54) is 210 Å². The van der Waals surface area contributed by atoms with Gasteiger partial charge < -0.3 is 28.1 Å². The van der Waals surface area contributed by atoms with Crippen LogP contribution in [0.2, 0.25) is 0 Å². The van der Waals surface area contributed by atoms with Crippen molar-refractivity contribution in [2.75, 3.05) is 9.80 Å². The third-order valence-electron chi connectivity index (χ3n) is 29.4. The Morgan fingerprint density at radius 2 is 0.389 bits per heavy atom. The highest BCUT2D eigenvalue weighted by atomic mass is 15.2. The van der Waals surface area contributed by atoms with Crippen LogP contribution in [0.5, 0.6) is 0 Å². The van der Waals surface area contributed by atoms with Gasteiger partial charge in [-0.15, -0.1) is 0 Å². The molecule has 6 nitrogen and oxygen atoms in total. The Labute approximate surface area is 749 Å². The molecule has 0 fully saturated rings. The first-order chi connectivity index (χ1) is 58.8. The maximum absolute atomic E-state index is 2.80. The van der Waals surface area contributed by atoms with E-state index in [0.29, 0.717) is 0 Å². The van der Waals surface area contributed by atoms with Crippen LogP contribution in [-0.2, 0) is 54.1 Å². The fraction of sp³-hybridized carbons (Fsp3) is 0.339. The molecule has 0 aliphatic carbocycles. The Morgan fingerprint density at radius 3 is 0.643 bits per heavy atom. The zero-order chi connectivity index (χ0) is 89.3. The molecule has 0 saturated carbocycles. The highest BCUT2D eigenvalue weighted by molar-refractivity contribution is 7.03. The molecular formula is C118H126B2N6. The van der Waals surface area contributed by atoms with Crippen LogP contribution in [0.3, 0.4) is 0 Å². The molecule has 17 aromatic rings. The molecular weight excluding hydrogens is 1520 g/mol. The number of nitrogens with zero attached hydrogens (tertiary/aromatic N) is 6. The lowest BCUT2D eigenvalue weighted by Crippen LogP contribution is -2.64. The van der Waals surface area contributed by atoms with Crippen LogP contribution < -0.4 is 42.6 Å². The molecule has 0 bridgehead atoms.